The van der Waals surface area contributed by atoms with Gasteiger partial charge in [0.2, 0.25) is 0 Å². The average molecular weight is 844 g/mol. The van der Waals surface area contributed by atoms with Gasteiger partial charge in [0.1, 0.15) is 11.4 Å². The molecule has 0 aliphatic rings. The zero-order chi connectivity index (χ0) is 39.2. The largest absolute Gasteiger partial charge is 3.00 e. The number of hydrogen-bond acceptors (Lipinski definition) is 14. The zero-order valence-corrected chi connectivity index (χ0v) is 35.6. The van der Waals surface area contributed by atoms with Crippen LogP contribution in [-0.2, 0) is 37.0 Å². The van der Waals surface area contributed by atoms with Gasteiger partial charge in [0, 0.05) is 11.8 Å². The van der Waals surface area contributed by atoms with Crippen molar-refractivity contribution < 1.29 is 84.2 Å². The van der Waals surface area contributed by atoms with Crippen molar-refractivity contribution in [3.8, 4) is 34.6 Å². The minimum absolute atomic E-state index is 0. The molecule has 16 nitrogen and oxygen atoms in total. The molecule has 0 fully saturated rings. The summed E-state index contributed by atoms with van der Waals surface area (Å²) in [5, 5.41) is 72.9. The number of rotatable bonds is 10. The van der Waals surface area contributed by atoms with E-state index in [0.717, 1.165) is 12.1 Å². The van der Waals surface area contributed by atoms with Gasteiger partial charge in [0.15, 0.2) is 19.7 Å². The Morgan fingerprint density at radius 2 is 0.893 bits per heavy atom. The molecule has 0 aliphatic carbocycles. The summed E-state index contributed by atoms with van der Waals surface area (Å²) >= 11 is 0. The second kappa shape index (κ2) is 19.3. The fourth-order valence-corrected chi connectivity index (χ4v) is 6.59. The predicted octanol–water partition coefficient (Wildman–Crippen LogP) is 2.08. The Balaban J connectivity index is 0.000000290. The van der Waals surface area contributed by atoms with Crippen LogP contribution in [-0.4, -0.2) is 47.9 Å². The predicted molar refractivity (Wildman–Crippen MR) is 191 cm³/mol. The Morgan fingerprint density at radius 1 is 0.554 bits per heavy atom. The van der Waals surface area contributed by atoms with Gasteiger partial charge in [0.05, 0.1) is 55.4 Å². The minimum Gasteiger partial charge on any atom is -0.871 e. The van der Waals surface area contributed by atoms with Crippen molar-refractivity contribution >= 4 is 42.4 Å². The Kier molecular flexibility index (Phi) is 15.7. The molecular formula is C36H32CrN8NaO8S2. The number of azo groups is 2. The van der Waals surface area contributed by atoms with Crippen LogP contribution in [0.1, 0.15) is 25.2 Å². The molecule has 4 aromatic carbocycles. The topological polar surface area (TPSA) is 246 Å². The van der Waals surface area contributed by atoms with Gasteiger partial charge >= 0.3 is 46.9 Å². The minimum atomic E-state index is -3.48. The maximum atomic E-state index is 12.5. The number of nitrogens with zero attached hydrogens (tertiary/aromatic N) is 8. The number of aryl methyl sites for hydroxylation is 2. The molecule has 6 rings (SSSR count). The molecule has 2 aromatic heterocycles. The van der Waals surface area contributed by atoms with Gasteiger partial charge in [-0.25, -0.2) is 26.2 Å². The monoisotopic (exact) mass is 843 g/mol. The molecule has 6 aromatic rings. The van der Waals surface area contributed by atoms with E-state index in [0.29, 0.717) is 22.8 Å². The molecule has 283 valence electrons. The normalized spacial score (nSPS) is 11.5. The van der Waals surface area contributed by atoms with Gasteiger partial charge in [-0.15, -0.1) is 10.2 Å². The molecule has 0 aliphatic heterocycles. The maximum absolute atomic E-state index is 12.5. The number of para-hydroxylation sites is 2. The maximum Gasteiger partial charge on any atom is 3.00 e. The van der Waals surface area contributed by atoms with E-state index >= 15 is 0 Å². The first-order chi connectivity index (χ1) is 25.7. The van der Waals surface area contributed by atoms with Crippen molar-refractivity contribution in [2.45, 2.75) is 37.5 Å². The quantitative estimate of drug-likeness (QED) is 0.144. The average Bonchev–Trinajstić information content (AvgIpc) is 3.62. The van der Waals surface area contributed by atoms with E-state index < -0.39 is 42.9 Å². The number of aromatic nitrogens is 4. The van der Waals surface area contributed by atoms with Crippen LogP contribution in [0.25, 0.3) is 11.4 Å². The van der Waals surface area contributed by atoms with Gasteiger partial charge in [0.25, 0.3) is 0 Å². The molecule has 0 saturated heterocycles. The summed E-state index contributed by atoms with van der Waals surface area (Å²) in [7, 11) is -6.96. The Morgan fingerprint density at radius 3 is 1.20 bits per heavy atom. The van der Waals surface area contributed by atoms with Crippen LogP contribution in [0.15, 0.2) is 127 Å². The van der Waals surface area contributed by atoms with Crippen LogP contribution < -0.4 is 50.0 Å². The number of hydrogen-bond donors (Lipinski definition) is 0. The van der Waals surface area contributed by atoms with Crippen LogP contribution in [0.5, 0.6) is 23.3 Å². The molecule has 0 saturated carbocycles. The molecule has 0 spiro atoms. The van der Waals surface area contributed by atoms with Gasteiger partial charge in [-0.2, -0.15) is 20.4 Å². The fraction of sp³-hybridized carbons (Fsp3) is 0.167. The van der Waals surface area contributed by atoms with E-state index in [9.17, 15) is 37.3 Å². The SMILES string of the molecule is CCS(=O)(=O)c1ccc(N=Nc2c(C)nn(-c3ccccc3)c2[O-])c([O-])c1.CCS(=O)(=O)c1ccc(N=Nc2c(C)nn(-c3ccccc3)c2[O-])c([O-])c1.[Cr+3].[Na+]. The van der Waals surface area contributed by atoms with Crippen LogP contribution in [0.4, 0.5) is 22.7 Å². The van der Waals surface area contributed by atoms with Gasteiger partial charge in [-0.3, -0.25) is 0 Å². The zero-order valence-electron chi connectivity index (χ0n) is 30.7. The second-order valence-electron chi connectivity index (χ2n) is 11.4. The van der Waals surface area contributed by atoms with E-state index in [1.54, 1.807) is 62.4 Å². The van der Waals surface area contributed by atoms with E-state index in [-0.39, 0.29) is 91.0 Å². The molecule has 0 N–H and O–H groups in total. The first-order valence-corrected chi connectivity index (χ1v) is 19.5. The third kappa shape index (κ3) is 10.3. The first kappa shape index (κ1) is 45.5. The Hall–Kier alpha value is -4.87. The van der Waals surface area contributed by atoms with E-state index in [1.807, 2.05) is 12.1 Å². The van der Waals surface area contributed by atoms with Crippen LogP contribution in [0, 0.1) is 13.8 Å². The summed E-state index contributed by atoms with van der Waals surface area (Å²) in [6, 6.07) is 24.9. The summed E-state index contributed by atoms with van der Waals surface area (Å²) in [5.74, 6) is -2.31. The summed E-state index contributed by atoms with van der Waals surface area (Å²) in [6.07, 6.45) is 0. The van der Waals surface area contributed by atoms with Crippen LogP contribution in [0.2, 0.25) is 0 Å². The van der Waals surface area contributed by atoms with Crippen molar-refractivity contribution in [2.75, 3.05) is 11.5 Å². The molecular weight excluding hydrogens is 812 g/mol. The summed E-state index contributed by atoms with van der Waals surface area (Å²) in [5.41, 5.74) is 1.83. The van der Waals surface area contributed by atoms with E-state index in [1.165, 1.54) is 47.5 Å². The fourth-order valence-electron chi connectivity index (χ4n) is 4.80. The molecule has 56 heavy (non-hydrogen) atoms. The molecule has 0 bridgehead atoms. The summed E-state index contributed by atoms with van der Waals surface area (Å²) < 4.78 is 49.7. The first-order valence-electron chi connectivity index (χ1n) is 16.2. The Bertz CT molecular complexity index is 2410. The smallest absolute Gasteiger partial charge is 0.871 e. The van der Waals surface area contributed by atoms with Crippen molar-refractivity contribution in [2.24, 2.45) is 20.5 Å². The van der Waals surface area contributed by atoms with Crippen molar-refractivity contribution in [1.29, 1.82) is 0 Å². The second-order valence-corrected chi connectivity index (χ2v) is 16.0. The summed E-state index contributed by atoms with van der Waals surface area (Å²) in [4.78, 5) is -0.127. The molecule has 0 atom stereocenters. The molecule has 20 heteroatoms. The number of benzene rings is 4. The van der Waals surface area contributed by atoms with Crippen molar-refractivity contribution in [3.63, 3.8) is 0 Å². The van der Waals surface area contributed by atoms with E-state index in [4.69, 9.17) is 0 Å². The van der Waals surface area contributed by atoms with Gasteiger partial charge in [-0.1, -0.05) is 61.7 Å². The van der Waals surface area contributed by atoms with Gasteiger partial charge < -0.3 is 20.4 Å². The Labute approximate surface area is 356 Å². The van der Waals surface area contributed by atoms with Gasteiger partial charge in [-0.05, 0) is 74.5 Å². The molecule has 2 heterocycles. The van der Waals surface area contributed by atoms with Crippen molar-refractivity contribution in [3.05, 3.63) is 108 Å². The van der Waals surface area contributed by atoms with Crippen LogP contribution >= 0.6 is 0 Å². The number of sulfone groups is 2. The van der Waals surface area contributed by atoms with Crippen molar-refractivity contribution in [1.82, 2.24) is 19.6 Å². The third-order valence-electron chi connectivity index (χ3n) is 7.83. The summed E-state index contributed by atoms with van der Waals surface area (Å²) in [6.45, 7) is 6.22. The van der Waals surface area contributed by atoms with E-state index in [2.05, 4.69) is 30.7 Å². The molecule has 0 unspecified atom stereocenters. The molecule has 1 radical (unpaired) electrons. The third-order valence-corrected chi connectivity index (χ3v) is 11.3. The van der Waals surface area contributed by atoms with Crippen LogP contribution in [0.3, 0.4) is 0 Å². The standard InChI is InChI=1S/2C18H18N4O4S.Cr.Na/c2*1-3-27(25,26)14-9-10-15(16(23)11-14)19-20-17-12(2)21-22(18(17)24)13-7-5-4-6-8-13;;/h2*4-11,23-24H,3H2,1-2H3;;/q;;+3;+1/p-4. The molecule has 0 amide bonds.